The molecule has 0 bridgehead atoms. The largest absolute Gasteiger partial charge is 0.488 e. The van der Waals surface area contributed by atoms with Crippen LogP contribution < -0.4 is 4.74 Å². The highest BCUT2D eigenvalue weighted by molar-refractivity contribution is 9.10. The number of carbonyl (C=O) groups is 1. The maximum Gasteiger partial charge on any atom is 0.276 e. The van der Waals surface area contributed by atoms with Crippen molar-refractivity contribution in [2.75, 3.05) is 13.6 Å². The predicted octanol–water partition coefficient (Wildman–Crippen LogP) is 4.59. The van der Waals surface area contributed by atoms with Crippen LogP contribution in [0.2, 0.25) is 0 Å². The minimum atomic E-state index is -0.290. The van der Waals surface area contributed by atoms with E-state index in [1.807, 2.05) is 25.1 Å². The van der Waals surface area contributed by atoms with Crippen LogP contribution in [-0.2, 0) is 11.4 Å². The van der Waals surface area contributed by atoms with Crippen molar-refractivity contribution in [3.8, 4) is 5.75 Å². The van der Waals surface area contributed by atoms with Crippen LogP contribution in [-0.4, -0.2) is 34.4 Å². The first-order valence-electron chi connectivity index (χ1n) is 8.38. The maximum atomic E-state index is 13.2. The van der Waals surface area contributed by atoms with E-state index in [2.05, 4.69) is 15.9 Å². The number of rotatable bonds is 5. The zero-order valence-electron chi connectivity index (χ0n) is 14.9. The smallest absolute Gasteiger partial charge is 0.276 e. The molecule has 0 N–H and O–H groups in total. The standard InChI is InChI=1S/C20H18BrFN2O2S/c1-3-24-19(25)17(23(2)20(24)27)11-13-7-8-18(16(21)10-13)26-12-14-5-4-6-15(22)9-14/h4-11H,3,12H2,1-2H3/b17-11-. The van der Waals surface area contributed by atoms with Crippen molar-refractivity contribution in [2.24, 2.45) is 0 Å². The summed E-state index contributed by atoms with van der Waals surface area (Å²) in [5, 5.41) is 0.503. The van der Waals surface area contributed by atoms with Crippen LogP contribution in [0.1, 0.15) is 18.1 Å². The van der Waals surface area contributed by atoms with E-state index < -0.39 is 0 Å². The second-order valence-electron chi connectivity index (χ2n) is 6.03. The zero-order valence-corrected chi connectivity index (χ0v) is 17.3. The molecule has 3 rings (SSSR count). The van der Waals surface area contributed by atoms with Crippen LogP contribution in [0.25, 0.3) is 6.08 Å². The van der Waals surface area contributed by atoms with Crippen LogP contribution in [0.3, 0.4) is 0 Å². The first kappa shape index (κ1) is 19.5. The number of hydrogen-bond acceptors (Lipinski definition) is 3. The number of ether oxygens (including phenoxy) is 1. The van der Waals surface area contributed by atoms with E-state index >= 15 is 0 Å². The summed E-state index contributed by atoms with van der Waals surface area (Å²) in [5.74, 6) is 0.243. The topological polar surface area (TPSA) is 32.8 Å². The third kappa shape index (κ3) is 4.20. The Hall–Kier alpha value is -2.25. The quantitative estimate of drug-likeness (QED) is 0.494. The Labute approximate surface area is 171 Å². The molecule has 0 spiro atoms. The van der Waals surface area contributed by atoms with Gasteiger partial charge in [0.15, 0.2) is 5.11 Å². The van der Waals surface area contributed by atoms with E-state index in [9.17, 15) is 9.18 Å². The Morgan fingerprint density at radius 3 is 2.67 bits per heavy atom. The summed E-state index contributed by atoms with van der Waals surface area (Å²) in [6.07, 6.45) is 1.80. The summed E-state index contributed by atoms with van der Waals surface area (Å²) in [4.78, 5) is 15.7. The van der Waals surface area contributed by atoms with Gasteiger partial charge in [0.05, 0.1) is 4.47 Å². The van der Waals surface area contributed by atoms with Crippen molar-refractivity contribution in [2.45, 2.75) is 13.5 Å². The molecule has 0 unspecified atom stereocenters. The first-order chi connectivity index (χ1) is 12.9. The van der Waals surface area contributed by atoms with Gasteiger partial charge in [0, 0.05) is 13.6 Å². The lowest BCUT2D eigenvalue weighted by Gasteiger charge is -2.13. The highest BCUT2D eigenvalue weighted by Gasteiger charge is 2.34. The molecule has 0 atom stereocenters. The van der Waals surface area contributed by atoms with E-state index in [-0.39, 0.29) is 18.3 Å². The van der Waals surface area contributed by atoms with Crippen molar-refractivity contribution in [3.63, 3.8) is 0 Å². The fourth-order valence-corrected chi connectivity index (χ4v) is 3.58. The van der Waals surface area contributed by atoms with Gasteiger partial charge in [-0.1, -0.05) is 18.2 Å². The minimum Gasteiger partial charge on any atom is -0.488 e. The number of halogens is 2. The van der Waals surface area contributed by atoms with Crippen LogP contribution in [0.15, 0.2) is 52.6 Å². The average Bonchev–Trinajstić information content (AvgIpc) is 2.84. The van der Waals surface area contributed by atoms with Crippen LogP contribution in [0, 0.1) is 5.82 Å². The molecule has 2 aromatic carbocycles. The highest BCUT2D eigenvalue weighted by atomic mass is 79.9. The molecule has 0 saturated carbocycles. The molecule has 4 nitrogen and oxygen atoms in total. The van der Waals surface area contributed by atoms with Crippen molar-refractivity contribution in [1.82, 2.24) is 9.80 Å². The highest BCUT2D eigenvalue weighted by Crippen LogP contribution is 2.29. The van der Waals surface area contributed by atoms with Gasteiger partial charge in [0.25, 0.3) is 5.91 Å². The summed E-state index contributed by atoms with van der Waals surface area (Å²) >= 11 is 8.79. The summed E-state index contributed by atoms with van der Waals surface area (Å²) in [7, 11) is 1.78. The minimum absolute atomic E-state index is 0.104. The lowest BCUT2D eigenvalue weighted by atomic mass is 10.1. The third-order valence-electron chi connectivity index (χ3n) is 4.20. The molecule has 1 saturated heterocycles. The van der Waals surface area contributed by atoms with Crippen molar-refractivity contribution in [3.05, 3.63) is 69.6 Å². The second kappa shape index (κ2) is 8.19. The summed E-state index contributed by atoms with van der Waals surface area (Å²) in [6, 6.07) is 11.8. The Balaban J connectivity index is 1.77. The van der Waals surface area contributed by atoms with Crippen molar-refractivity contribution < 1.29 is 13.9 Å². The average molecular weight is 449 g/mol. The Kier molecular flexibility index (Phi) is 5.92. The number of likely N-dealkylation sites (N-methyl/N-ethyl adjacent to an activating group) is 2. The number of amides is 1. The Bertz CT molecular complexity index is 932. The van der Waals surface area contributed by atoms with Gasteiger partial charge in [-0.25, -0.2) is 4.39 Å². The zero-order chi connectivity index (χ0) is 19.6. The second-order valence-corrected chi connectivity index (χ2v) is 7.25. The van der Waals surface area contributed by atoms with Gasteiger partial charge in [-0.2, -0.15) is 0 Å². The van der Waals surface area contributed by atoms with Gasteiger partial charge in [0.1, 0.15) is 23.9 Å². The molecule has 1 heterocycles. The van der Waals surface area contributed by atoms with Gasteiger partial charge in [0.2, 0.25) is 0 Å². The number of carbonyl (C=O) groups excluding carboxylic acids is 1. The van der Waals surface area contributed by atoms with Crippen LogP contribution in [0.5, 0.6) is 5.75 Å². The Morgan fingerprint density at radius 2 is 2.04 bits per heavy atom. The molecule has 2 aromatic rings. The number of thiocarbonyl (C=S) groups is 1. The molecule has 0 aliphatic carbocycles. The molecule has 0 radical (unpaired) electrons. The van der Waals surface area contributed by atoms with Gasteiger partial charge in [-0.05, 0) is 76.5 Å². The van der Waals surface area contributed by atoms with E-state index in [4.69, 9.17) is 17.0 Å². The number of benzene rings is 2. The van der Waals surface area contributed by atoms with E-state index in [0.717, 1.165) is 15.6 Å². The van der Waals surface area contributed by atoms with Crippen LogP contribution >= 0.6 is 28.1 Å². The summed E-state index contributed by atoms with van der Waals surface area (Å²) in [6.45, 7) is 2.69. The normalized spacial score (nSPS) is 15.8. The van der Waals surface area contributed by atoms with Crippen LogP contribution in [0.4, 0.5) is 4.39 Å². The number of nitrogens with zero attached hydrogens (tertiary/aromatic N) is 2. The SMILES string of the molecule is CCN1C(=O)/C(=C/c2ccc(OCc3cccc(F)c3)c(Br)c2)N(C)C1=S. The molecule has 1 amide bonds. The maximum absolute atomic E-state index is 13.2. The van der Waals surface area contributed by atoms with Gasteiger partial charge in [-0.15, -0.1) is 0 Å². The fraction of sp³-hybridized carbons (Fsp3) is 0.200. The molecular weight excluding hydrogens is 431 g/mol. The van der Waals surface area contributed by atoms with Gasteiger partial charge in [-0.3, -0.25) is 9.69 Å². The van der Waals surface area contributed by atoms with E-state index in [1.54, 1.807) is 35.1 Å². The first-order valence-corrected chi connectivity index (χ1v) is 9.59. The van der Waals surface area contributed by atoms with Crippen molar-refractivity contribution in [1.29, 1.82) is 0 Å². The molecule has 1 aliphatic heterocycles. The summed E-state index contributed by atoms with van der Waals surface area (Å²) < 4.78 is 19.8. The molecule has 1 aliphatic rings. The lowest BCUT2D eigenvalue weighted by Crippen LogP contribution is -2.30. The van der Waals surface area contributed by atoms with E-state index in [1.165, 1.54) is 12.1 Å². The molecule has 140 valence electrons. The van der Waals surface area contributed by atoms with Gasteiger partial charge < -0.3 is 9.64 Å². The third-order valence-corrected chi connectivity index (χ3v) is 5.32. The molecule has 7 heteroatoms. The van der Waals surface area contributed by atoms with Crippen molar-refractivity contribution >= 4 is 45.2 Å². The monoisotopic (exact) mass is 448 g/mol. The summed E-state index contributed by atoms with van der Waals surface area (Å²) in [5.41, 5.74) is 2.12. The van der Waals surface area contributed by atoms with Gasteiger partial charge >= 0.3 is 0 Å². The molecular formula is C20H18BrFN2O2S. The number of hydrogen-bond donors (Lipinski definition) is 0. The molecule has 0 aromatic heterocycles. The fourth-order valence-electron chi connectivity index (χ4n) is 2.76. The Morgan fingerprint density at radius 1 is 1.26 bits per heavy atom. The molecule has 1 fully saturated rings. The van der Waals surface area contributed by atoms with E-state index in [0.29, 0.717) is 23.1 Å². The molecule has 27 heavy (non-hydrogen) atoms. The lowest BCUT2D eigenvalue weighted by molar-refractivity contribution is -0.122. The predicted molar refractivity (Wildman–Crippen MR) is 111 cm³/mol.